The van der Waals surface area contributed by atoms with Gasteiger partial charge in [0.25, 0.3) is 0 Å². The van der Waals surface area contributed by atoms with Gasteiger partial charge in [-0.1, -0.05) is 84.0 Å². The molecule has 0 bridgehead atoms. The van der Waals surface area contributed by atoms with Crippen LogP contribution < -0.4 is 5.32 Å². The van der Waals surface area contributed by atoms with Crippen LogP contribution in [0.1, 0.15) is 29.8 Å². The minimum absolute atomic E-state index is 0.0587. The number of carbonyl (C=O) groups excluding carboxylic acids is 1. The number of aliphatic carboxylic acids is 1. The maximum Gasteiger partial charge on any atom is 0.412 e. The molecular weight excluding hydrogens is 432 g/mol. The number of carboxylic acid groups (broad SMARTS) is 1. The third kappa shape index (κ3) is 5.15. The van der Waals surface area contributed by atoms with Crippen LogP contribution in [0.3, 0.4) is 0 Å². The van der Waals surface area contributed by atoms with E-state index in [2.05, 4.69) is 10.5 Å². The van der Waals surface area contributed by atoms with Gasteiger partial charge in [0.1, 0.15) is 17.5 Å². The van der Waals surface area contributed by atoms with Crippen molar-refractivity contribution in [1.82, 2.24) is 5.16 Å². The van der Waals surface area contributed by atoms with Crippen LogP contribution in [-0.2, 0) is 16.0 Å². The molecule has 3 aromatic carbocycles. The molecule has 4 aromatic rings. The van der Waals surface area contributed by atoms with Gasteiger partial charge in [0.2, 0.25) is 0 Å². The summed E-state index contributed by atoms with van der Waals surface area (Å²) in [7, 11) is 0. The predicted octanol–water partition coefficient (Wildman–Crippen LogP) is 6.25. The standard InChI is InChI=1S/C27H24N2O5/c1-17-25(28-27(32)33-18(2)19-8-4-3-5-9-19)26(34-29-17)21-14-12-20(13-15-21)23-11-7-6-10-22(23)16-24(30)31/h3-15,18H,16H2,1-2H3,(H,28,32)(H,30,31). The number of carboxylic acids is 1. The van der Waals surface area contributed by atoms with Crippen LogP contribution in [0.2, 0.25) is 0 Å². The third-order valence-corrected chi connectivity index (χ3v) is 5.46. The van der Waals surface area contributed by atoms with Gasteiger partial charge in [0.05, 0.1) is 6.42 Å². The normalized spacial score (nSPS) is 11.6. The smallest absolute Gasteiger partial charge is 0.412 e. The number of rotatable bonds is 7. The first kappa shape index (κ1) is 22.8. The molecule has 0 aliphatic carbocycles. The molecule has 7 heteroatoms. The van der Waals surface area contributed by atoms with Crippen molar-refractivity contribution < 1.29 is 24.0 Å². The number of benzene rings is 3. The number of hydrogen-bond donors (Lipinski definition) is 2. The lowest BCUT2D eigenvalue weighted by atomic mass is 9.96. The van der Waals surface area contributed by atoms with E-state index >= 15 is 0 Å². The van der Waals surface area contributed by atoms with E-state index in [1.54, 1.807) is 19.9 Å². The second kappa shape index (κ2) is 10.0. The van der Waals surface area contributed by atoms with Crippen LogP contribution in [0.25, 0.3) is 22.5 Å². The highest BCUT2D eigenvalue weighted by Gasteiger charge is 2.20. The van der Waals surface area contributed by atoms with E-state index in [1.807, 2.05) is 72.8 Å². The van der Waals surface area contributed by atoms with E-state index in [9.17, 15) is 14.7 Å². The SMILES string of the molecule is Cc1noc(-c2ccc(-c3ccccc3CC(=O)O)cc2)c1NC(=O)OC(C)c1ccccc1. The molecule has 172 valence electrons. The average molecular weight is 456 g/mol. The van der Waals surface area contributed by atoms with Gasteiger partial charge in [-0.05, 0) is 36.1 Å². The van der Waals surface area contributed by atoms with Gasteiger partial charge in [-0.2, -0.15) is 0 Å². The maximum absolute atomic E-state index is 12.5. The highest BCUT2D eigenvalue weighted by Crippen LogP contribution is 2.33. The first-order chi connectivity index (χ1) is 16.4. The second-order valence-corrected chi connectivity index (χ2v) is 7.86. The zero-order valence-corrected chi connectivity index (χ0v) is 18.8. The van der Waals surface area contributed by atoms with Crippen molar-refractivity contribution in [2.24, 2.45) is 0 Å². The van der Waals surface area contributed by atoms with Crippen molar-refractivity contribution in [3.63, 3.8) is 0 Å². The monoisotopic (exact) mass is 456 g/mol. The van der Waals surface area contributed by atoms with Crippen LogP contribution in [0.15, 0.2) is 83.4 Å². The lowest BCUT2D eigenvalue weighted by molar-refractivity contribution is -0.136. The van der Waals surface area contributed by atoms with Gasteiger partial charge in [-0.3, -0.25) is 10.1 Å². The number of hydrogen-bond acceptors (Lipinski definition) is 5. The van der Waals surface area contributed by atoms with Gasteiger partial charge in [-0.15, -0.1) is 0 Å². The molecule has 0 saturated heterocycles. The molecule has 34 heavy (non-hydrogen) atoms. The van der Waals surface area contributed by atoms with Crippen molar-refractivity contribution in [2.45, 2.75) is 26.4 Å². The Labute approximate surface area is 197 Å². The van der Waals surface area contributed by atoms with Crippen molar-refractivity contribution in [3.8, 4) is 22.5 Å². The van der Waals surface area contributed by atoms with Crippen LogP contribution in [0.5, 0.6) is 0 Å². The van der Waals surface area contributed by atoms with E-state index in [4.69, 9.17) is 9.26 Å². The Hall–Kier alpha value is -4.39. The quantitative estimate of drug-likeness (QED) is 0.341. The Bertz CT molecular complexity index is 1300. The minimum atomic E-state index is -0.884. The molecule has 1 unspecified atom stereocenters. The summed E-state index contributed by atoms with van der Waals surface area (Å²) in [6.07, 6.45) is -1.09. The summed E-state index contributed by atoms with van der Waals surface area (Å²) in [6.45, 7) is 3.54. The number of nitrogens with zero attached hydrogens (tertiary/aromatic N) is 1. The number of carbonyl (C=O) groups is 2. The number of aryl methyl sites for hydroxylation is 1. The van der Waals surface area contributed by atoms with E-state index in [-0.39, 0.29) is 6.42 Å². The summed E-state index contributed by atoms with van der Waals surface area (Å²) in [5.74, 6) is -0.474. The largest absolute Gasteiger partial charge is 0.481 e. The number of aromatic nitrogens is 1. The maximum atomic E-state index is 12.5. The van der Waals surface area contributed by atoms with Crippen molar-refractivity contribution >= 4 is 17.7 Å². The molecule has 0 aliphatic rings. The summed E-state index contributed by atoms with van der Waals surface area (Å²) in [5, 5.41) is 15.9. The first-order valence-corrected chi connectivity index (χ1v) is 10.8. The molecule has 0 spiro atoms. The topological polar surface area (TPSA) is 102 Å². The third-order valence-electron chi connectivity index (χ3n) is 5.46. The Morgan fingerprint density at radius 1 is 0.971 bits per heavy atom. The van der Waals surface area contributed by atoms with Crippen LogP contribution >= 0.6 is 0 Å². The molecule has 4 rings (SSSR count). The highest BCUT2D eigenvalue weighted by molar-refractivity contribution is 5.91. The van der Waals surface area contributed by atoms with E-state index in [0.29, 0.717) is 22.7 Å². The fourth-order valence-corrected chi connectivity index (χ4v) is 3.72. The molecule has 1 aromatic heterocycles. The van der Waals surface area contributed by atoms with Gasteiger partial charge in [0, 0.05) is 5.56 Å². The first-order valence-electron chi connectivity index (χ1n) is 10.8. The molecule has 0 saturated carbocycles. The lowest BCUT2D eigenvalue weighted by Gasteiger charge is -2.14. The highest BCUT2D eigenvalue weighted by atomic mass is 16.6. The molecule has 2 N–H and O–H groups in total. The summed E-state index contributed by atoms with van der Waals surface area (Å²) in [4.78, 5) is 23.7. The molecule has 1 amide bonds. The van der Waals surface area contributed by atoms with Gasteiger partial charge < -0.3 is 14.4 Å². The van der Waals surface area contributed by atoms with Gasteiger partial charge in [0.15, 0.2) is 5.76 Å². The zero-order valence-electron chi connectivity index (χ0n) is 18.8. The fourth-order valence-electron chi connectivity index (χ4n) is 3.72. The molecule has 1 heterocycles. The molecule has 7 nitrogen and oxygen atoms in total. The number of amides is 1. The van der Waals surface area contributed by atoms with Crippen LogP contribution in [-0.4, -0.2) is 22.3 Å². The minimum Gasteiger partial charge on any atom is -0.481 e. The summed E-state index contributed by atoms with van der Waals surface area (Å²) in [6, 6.07) is 24.3. The van der Waals surface area contributed by atoms with E-state index < -0.39 is 18.2 Å². The van der Waals surface area contributed by atoms with Crippen LogP contribution in [0.4, 0.5) is 10.5 Å². The molecule has 0 aliphatic heterocycles. The Balaban J connectivity index is 1.53. The molecular formula is C27H24N2O5. The summed E-state index contributed by atoms with van der Waals surface area (Å²) in [5.41, 5.74) is 5.02. The molecule has 0 fully saturated rings. The Kier molecular flexibility index (Phi) is 6.73. The Morgan fingerprint density at radius 3 is 2.32 bits per heavy atom. The van der Waals surface area contributed by atoms with Gasteiger partial charge in [-0.25, -0.2) is 4.79 Å². The Morgan fingerprint density at radius 2 is 1.62 bits per heavy atom. The number of nitrogens with one attached hydrogen (secondary N) is 1. The average Bonchev–Trinajstić information content (AvgIpc) is 3.19. The second-order valence-electron chi connectivity index (χ2n) is 7.86. The van der Waals surface area contributed by atoms with Crippen molar-refractivity contribution in [2.75, 3.05) is 5.32 Å². The summed E-state index contributed by atoms with van der Waals surface area (Å²) >= 11 is 0. The number of anilines is 1. The molecule has 1 atom stereocenters. The van der Waals surface area contributed by atoms with Crippen LogP contribution in [0, 0.1) is 6.92 Å². The van der Waals surface area contributed by atoms with Gasteiger partial charge >= 0.3 is 12.1 Å². The predicted molar refractivity (Wildman–Crippen MR) is 128 cm³/mol. The molecule has 0 radical (unpaired) electrons. The van der Waals surface area contributed by atoms with E-state index in [0.717, 1.165) is 22.3 Å². The fraction of sp³-hybridized carbons (Fsp3) is 0.148. The zero-order chi connectivity index (χ0) is 24.1. The van der Waals surface area contributed by atoms with Crippen molar-refractivity contribution in [3.05, 3.63) is 95.7 Å². The van der Waals surface area contributed by atoms with E-state index in [1.165, 1.54) is 0 Å². The lowest BCUT2D eigenvalue weighted by Crippen LogP contribution is -2.16. The van der Waals surface area contributed by atoms with Crippen molar-refractivity contribution in [1.29, 1.82) is 0 Å². The number of ether oxygens (including phenoxy) is 1. The summed E-state index contributed by atoms with van der Waals surface area (Å²) < 4.78 is 11.0.